The topological polar surface area (TPSA) is 52.3 Å². The van der Waals surface area contributed by atoms with E-state index in [4.69, 9.17) is 17.3 Å². The molecule has 0 amide bonds. The summed E-state index contributed by atoms with van der Waals surface area (Å²) in [4.78, 5) is 11.0. The third-order valence-electron chi connectivity index (χ3n) is 1.77. The van der Waals surface area contributed by atoms with Crippen LogP contribution >= 0.6 is 24.0 Å². The molecule has 0 heterocycles. The third kappa shape index (κ3) is 3.06. The molecular weight excluding hydrogens is 244 g/mol. The third-order valence-corrected chi connectivity index (χ3v) is 2.10. The summed E-state index contributed by atoms with van der Waals surface area (Å²) in [6, 6.07) is 2.89. The monoisotopic (exact) mass is 253 g/mol. The van der Waals surface area contributed by atoms with Gasteiger partial charge in [0, 0.05) is 10.6 Å². The molecule has 6 heteroatoms. The van der Waals surface area contributed by atoms with Crippen LogP contribution < -0.4 is 5.73 Å². The zero-order valence-corrected chi connectivity index (χ0v) is 9.44. The van der Waals surface area contributed by atoms with Gasteiger partial charge in [-0.3, -0.25) is 4.79 Å². The zero-order chi connectivity index (χ0) is 10.7. The van der Waals surface area contributed by atoms with Crippen LogP contribution in [0.25, 0.3) is 0 Å². The summed E-state index contributed by atoms with van der Waals surface area (Å²) in [5.41, 5.74) is 5.41. The molecule has 0 spiro atoms. The molecule has 0 bridgehead atoms. The highest BCUT2D eigenvalue weighted by atomic mass is 35.5. The van der Waals surface area contributed by atoms with Crippen molar-refractivity contribution in [3.63, 3.8) is 0 Å². The van der Waals surface area contributed by atoms with Crippen molar-refractivity contribution in [1.29, 1.82) is 0 Å². The Bertz CT molecular complexity index is 340. The Morgan fingerprint density at radius 1 is 1.60 bits per heavy atom. The Hall–Kier alpha value is -0.840. The van der Waals surface area contributed by atoms with Crippen LogP contribution in [0.3, 0.4) is 0 Å². The number of rotatable bonds is 2. The summed E-state index contributed by atoms with van der Waals surface area (Å²) in [6.07, 6.45) is 0. The molecule has 0 radical (unpaired) electrons. The molecule has 3 nitrogen and oxygen atoms in total. The van der Waals surface area contributed by atoms with Crippen LogP contribution in [0, 0.1) is 5.82 Å². The average Bonchev–Trinajstić information content (AvgIpc) is 2.16. The van der Waals surface area contributed by atoms with E-state index in [-0.39, 0.29) is 23.0 Å². The van der Waals surface area contributed by atoms with Gasteiger partial charge in [-0.2, -0.15) is 0 Å². The summed E-state index contributed by atoms with van der Waals surface area (Å²) >= 11 is 5.70. The summed E-state index contributed by atoms with van der Waals surface area (Å²) in [5.74, 6) is -1.34. The molecule has 1 aromatic rings. The second-order valence-electron chi connectivity index (χ2n) is 2.64. The van der Waals surface area contributed by atoms with Gasteiger partial charge in [0.25, 0.3) is 0 Å². The average molecular weight is 254 g/mol. The van der Waals surface area contributed by atoms with Crippen molar-refractivity contribution in [1.82, 2.24) is 0 Å². The summed E-state index contributed by atoms with van der Waals surface area (Å²) in [7, 11) is 1.18. The lowest BCUT2D eigenvalue weighted by molar-refractivity contribution is -0.142. The molecule has 1 atom stereocenters. The minimum atomic E-state index is -1.19. The van der Waals surface area contributed by atoms with Crippen LogP contribution in [-0.2, 0) is 9.53 Å². The zero-order valence-electron chi connectivity index (χ0n) is 7.87. The number of carbonyl (C=O) groups excluding carboxylic acids is 1. The molecular formula is C9H10Cl2FNO2. The Labute approximate surface area is 97.8 Å². The predicted octanol–water partition coefficient (Wildman–Crippen LogP) is 2.07. The lowest BCUT2D eigenvalue weighted by Gasteiger charge is -2.11. The molecule has 15 heavy (non-hydrogen) atoms. The Kier molecular flexibility index (Phi) is 5.57. The van der Waals surface area contributed by atoms with Crippen molar-refractivity contribution in [3.8, 4) is 0 Å². The maximum Gasteiger partial charge on any atom is 0.327 e. The van der Waals surface area contributed by atoms with E-state index in [9.17, 15) is 9.18 Å². The van der Waals surface area contributed by atoms with Gasteiger partial charge >= 0.3 is 5.97 Å². The van der Waals surface area contributed by atoms with E-state index in [1.807, 2.05) is 0 Å². The lowest BCUT2D eigenvalue weighted by atomic mass is 10.1. The second kappa shape index (κ2) is 5.90. The van der Waals surface area contributed by atoms with E-state index in [0.29, 0.717) is 0 Å². The van der Waals surface area contributed by atoms with Crippen molar-refractivity contribution in [2.45, 2.75) is 6.04 Å². The fourth-order valence-corrected chi connectivity index (χ4v) is 1.33. The number of hydrogen-bond acceptors (Lipinski definition) is 3. The molecule has 1 aromatic carbocycles. The molecule has 2 N–H and O–H groups in total. The van der Waals surface area contributed by atoms with E-state index < -0.39 is 17.8 Å². The molecule has 0 aliphatic rings. The molecule has 0 aromatic heterocycles. The maximum atomic E-state index is 13.2. The van der Waals surface area contributed by atoms with Gasteiger partial charge in [0.1, 0.15) is 11.9 Å². The van der Waals surface area contributed by atoms with Crippen molar-refractivity contribution in [2.75, 3.05) is 7.11 Å². The predicted molar refractivity (Wildman–Crippen MR) is 57.6 cm³/mol. The minimum absolute atomic E-state index is 0. The molecule has 0 aliphatic heterocycles. The van der Waals surface area contributed by atoms with Gasteiger partial charge in [0.2, 0.25) is 0 Å². The number of nitrogens with two attached hydrogens (primary N) is 1. The normalized spacial score (nSPS) is 11.5. The smallest absolute Gasteiger partial charge is 0.327 e. The van der Waals surface area contributed by atoms with E-state index >= 15 is 0 Å². The van der Waals surface area contributed by atoms with Crippen LogP contribution in [0.2, 0.25) is 5.02 Å². The number of benzene rings is 1. The Morgan fingerprint density at radius 2 is 2.20 bits per heavy atom. The quantitative estimate of drug-likeness (QED) is 0.822. The van der Waals surface area contributed by atoms with Crippen LogP contribution in [0.15, 0.2) is 18.2 Å². The van der Waals surface area contributed by atoms with Crippen molar-refractivity contribution in [2.24, 2.45) is 5.73 Å². The SMILES string of the molecule is COC(=O)[C@H](N)c1c(F)cccc1Cl.Cl. The van der Waals surface area contributed by atoms with Gasteiger partial charge in [-0.05, 0) is 12.1 Å². The molecule has 1 rings (SSSR count). The number of ether oxygens (including phenoxy) is 1. The minimum Gasteiger partial charge on any atom is -0.468 e. The molecule has 0 fully saturated rings. The number of hydrogen-bond donors (Lipinski definition) is 1. The first-order chi connectivity index (χ1) is 6.57. The van der Waals surface area contributed by atoms with Crippen LogP contribution in [0.1, 0.15) is 11.6 Å². The van der Waals surface area contributed by atoms with Gasteiger partial charge in [0.05, 0.1) is 7.11 Å². The summed E-state index contributed by atoms with van der Waals surface area (Å²) < 4.78 is 17.6. The molecule has 0 unspecified atom stereocenters. The maximum absolute atomic E-state index is 13.2. The Balaban J connectivity index is 0.00000196. The van der Waals surface area contributed by atoms with Gasteiger partial charge < -0.3 is 10.5 Å². The largest absolute Gasteiger partial charge is 0.468 e. The van der Waals surface area contributed by atoms with Gasteiger partial charge in [0.15, 0.2) is 0 Å². The molecule has 0 saturated heterocycles. The number of halogens is 3. The summed E-state index contributed by atoms with van der Waals surface area (Å²) in [6.45, 7) is 0. The second-order valence-corrected chi connectivity index (χ2v) is 3.04. The summed E-state index contributed by atoms with van der Waals surface area (Å²) in [5, 5.41) is 0.114. The van der Waals surface area contributed by atoms with Crippen LogP contribution in [0.4, 0.5) is 4.39 Å². The van der Waals surface area contributed by atoms with Crippen molar-refractivity contribution in [3.05, 3.63) is 34.6 Å². The van der Waals surface area contributed by atoms with Gasteiger partial charge in [-0.15, -0.1) is 12.4 Å². The highest BCUT2D eigenvalue weighted by molar-refractivity contribution is 6.31. The first-order valence-electron chi connectivity index (χ1n) is 3.85. The highest BCUT2D eigenvalue weighted by Crippen LogP contribution is 2.24. The highest BCUT2D eigenvalue weighted by Gasteiger charge is 2.22. The standard InChI is InChI=1S/C9H9ClFNO2.ClH/c1-14-9(13)8(12)7-5(10)3-2-4-6(7)11;/h2-4,8H,12H2,1H3;1H/t8-;/m1./s1. The van der Waals surface area contributed by atoms with E-state index in [0.717, 1.165) is 0 Å². The molecule has 0 saturated carbocycles. The number of methoxy groups -OCH3 is 1. The van der Waals surface area contributed by atoms with Crippen molar-refractivity contribution >= 4 is 30.0 Å². The lowest BCUT2D eigenvalue weighted by Crippen LogP contribution is -2.24. The van der Waals surface area contributed by atoms with Crippen LogP contribution in [-0.4, -0.2) is 13.1 Å². The van der Waals surface area contributed by atoms with E-state index in [2.05, 4.69) is 4.74 Å². The molecule has 0 aliphatic carbocycles. The fourth-order valence-electron chi connectivity index (χ4n) is 1.05. The first kappa shape index (κ1) is 14.2. The van der Waals surface area contributed by atoms with E-state index in [1.165, 1.54) is 25.3 Å². The Morgan fingerprint density at radius 3 is 2.67 bits per heavy atom. The van der Waals surface area contributed by atoms with E-state index in [1.54, 1.807) is 0 Å². The van der Waals surface area contributed by atoms with Crippen LogP contribution in [0.5, 0.6) is 0 Å². The first-order valence-corrected chi connectivity index (χ1v) is 4.23. The van der Waals surface area contributed by atoms with Crippen molar-refractivity contribution < 1.29 is 13.9 Å². The number of esters is 1. The fraction of sp³-hybridized carbons (Fsp3) is 0.222. The van der Waals surface area contributed by atoms with Gasteiger partial charge in [-0.1, -0.05) is 17.7 Å². The number of carbonyl (C=O) groups is 1. The van der Waals surface area contributed by atoms with Gasteiger partial charge in [-0.25, -0.2) is 4.39 Å². The molecule has 84 valence electrons.